The van der Waals surface area contributed by atoms with E-state index in [4.69, 9.17) is 0 Å². The Morgan fingerprint density at radius 2 is 1.74 bits per heavy atom. The molecule has 0 bridgehead atoms. The second-order valence-electron chi connectivity index (χ2n) is 6.10. The summed E-state index contributed by atoms with van der Waals surface area (Å²) in [6.07, 6.45) is 3.78. The van der Waals surface area contributed by atoms with E-state index >= 15 is 0 Å². The first-order valence-corrected chi connectivity index (χ1v) is 7.70. The molecule has 0 radical (unpaired) electrons. The summed E-state index contributed by atoms with van der Waals surface area (Å²) in [5, 5.41) is 3.43. The highest BCUT2D eigenvalue weighted by Crippen LogP contribution is 2.28. The van der Waals surface area contributed by atoms with Gasteiger partial charge in [0.15, 0.2) is 0 Å². The first-order valence-electron chi connectivity index (χ1n) is 7.70. The number of unbranched alkanes of at least 4 members (excludes halogenated alkanes) is 1. The average Bonchev–Trinajstić information content (AvgIpc) is 2.46. The van der Waals surface area contributed by atoms with Crippen LogP contribution in [-0.4, -0.2) is 31.1 Å². The van der Waals surface area contributed by atoms with Crippen LogP contribution in [0.1, 0.15) is 44.7 Å². The van der Waals surface area contributed by atoms with Crippen molar-refractivity contribution in [2.75, 3.05) is 26.2 Å². The molecule has 0 saturated carbocycles. The van der Waals surface area contributed by atoms with Crippen molar-refractivity contribution in [3.8, 4) is 0 Å². The molecule has 1 aromatic rings. The number of rotatable bonds is 5. The van der Waals surface area contributed by atoms with Crippen LogP contribution in [0.4, 0.5) is 0 Å². The lowest BCUT2D eigenvalue weighted by Crippen LogP contribution is -2.51. The van der Waals surface area contributed by atoms with Gasteiger partial charge in [-0.05, 0) is 37.8 Å². The minimum absolute atomic E-state index is 0.144. The Morgan fingerprint density at radius 1 is 1.11 bits per heavy atom. The third kappa shape index (κ3) is 3.58. The molecular formula is C17H28N2. The maximum absolute atomic E-state index is 3.43. The monoisotopic (exact) mass is 260 g/mol. The van der Waals surface area contributed by atoms with Crippen molar-refractivity contribution in [3.63, 3.8) is 0 Å². The molecular weight excluding hydrogens is 232 g/mol. The summed E-state index contributed by atoms with van der Waals surface area (Å²) in [7, 11) is 0. The van der Waals surface area contributed by atoms with Crippen molar-refractivity contribution in [3.05, 3.63) is 35.4 Å². The molecule has 1 aromatic carbocycles. The van der Waals surface area contributed by atoms with Crippen LogP contribution in [0.5, 0.6) is 0 Å². The van der Waals surface area contributed by atoms with Gasteiger partial charge in [0.1, 0.15) is 0 Å². The Balaban J connectivity index is 2.06. The van der Waals surface area contributed by atoms with Gasteiger partial charge in [0, 0.05) is 31.7 Å². The molecule has 1 fully saturated rings. The molecule has 2 rings (SSSR count). The summed E-state index contributed by atoms with van der Waals surface area (Å²) in [5.74, 6) is 0. The molecule has 2 heteroatoms. The zero-order valence-electron chi connectivity index (χ0n) is 12.7. The highest BCUT2D eigenvalue weighted by atomic mass is 15.2. The predicted molar refractivity (Wildman–Crippen MR) is 82.5 cm³/mol. The van der Waals surface area contributed by atoms with Gasteiger partial charge in [-0.1, -0.05) is 37.6 Å². The summed E-state index contributed by atoms with van der Waals surface area (Å²) in [5.41, 5.74) is 3.06. The third-order valence-corrected chi connectivity index (χ3v) is 4.39. The quantitative estimate of drug-likeness (QED) is 0.875. The van der Waals surface area contributed by atoms with E-state index in [1.807, 2.05) is 0 Å². The molecule has 1 aliphatic heterocycles. The van der Waals surface area contributed by atoms with E-state index < -0.39 is 0 Å². The van der Waals surface area contributed by atoms with Gasteiger partial charge in [-0.15, -0.1) is 0 Å². The number of hydrogen-bond acceptors (Lipinski definition) is 2. The van der Waals surface area contributed by atoms with Gasteiger partial charge in [0.2, 0.25) is 0 Å². The van der Waals surface area contributed by atoms with Crippen LogP contribution in [-0.2, 0) is 12.0 Å². The Bertz CT molecular complexity index is 375. The molecule has 1 N–H and O–H groups in total. The number of piperazine rings is 1. The number of hydrogen-bond donors (Lipinski definition) is 1. The van der Waals surface area contributed by atoms with E-state index in [1.165, 1.54) is 30.4 Å². The number of nitrogens with one attached hydrogen (secondary N) is 1. The molecule has 0 unspecified atom stereocenters. The van der Waals surface area contributed by atoms with E-state index in [0.717, 1.165) is 26.2 Å². The summed E-state index contributed by atoms with van der Waals surface area (Å²) >= 11 is 0. The van der Waals surface area contributed by atoms with E-state index in [1.54, 1.807) is 0 Å². The van der Waals surface area contributed by atoms with E-state index in [-0.39, 0.29) is 5.54 Å². The summed E-state index contributed by atoms with van der Waals surface area (Å²) in [6, 6.07) is 9.28. The molecule has 1 heterocycles. The van der Waals surface area contributed by atoms with Crippen molar-refractivity contribution in [1.29, 1.82) is 0 Å². The van der Waals surface area contributed by atoms with E-state index in [0.29, 0.717) is 0 Å². The maximum atomic E-state index is 3.43. The fraction of sp³-hybridized carbons (Fsp3) is 0.647. The Hall–Kier alpha value is -0.860. The highest BCUT2D eigenvalue weighted by Gasteiger charge is 2.29. The van der Waals surface area contributed by atoms with Gasteiger partial charge in [-0.2, -0.15) is 0 Å². The molecule has 106 valence electrons. The van der Waals surface area contributed by atoms with Crippen molar-refractivity contribution in [2.24, 2.45) is 0 Å². The normalized spacial score (nSPS) is 17.6. The van der Waals surface area contributed by atoms with Crippen molar-refractivity contribution < 1.29 is 0 Å². The lowest BCUT2D eigenvalue weighted by Gasteiger charge is -2.41. The fourth-order valence-electron chi connectivity index (χ4n) is 2.87. The van der Waals surface area contributed by atoms with Crippen LogP contribution in [0.2, 0.25) is 0 Å². The Kier molecular flexibility index (Phi) is 5.00. The fourth-order valence-corrected chi connectivity index (χ4v) is 2.87. The summed E-state index contributed by atoms with van der Waals surface area (Å²) < 4.78 is 0. The first kappa shape index (κ1) is 14.5. The van der Waals surface area contributed by atoms with Gasteiger partial charge in [0.05, 0.1) is 0 Å². The molecule has 2 nitrogen and oxygen atoms in total. The molecule has 0 atom stereocenters. The maximum Gasteiger partial charge on any atom is 0.0405 e. The highest BCUT2D eigenvalue weighted by molar-refractivity contribution is 5.28. The Labute approximate surface area is 118 Å². The third-order valence-electron chi connectivity index (χ3n) is 4.39. The summed E-state index contributed by atoms with van der Waals surface area (Å²) in [6.45, 7) is 11.5. The molecule has 0 spiro atoms. The zero-order valence-corrected chi connectivity index (χ0v) is 12.7. The lowest BCUT2D eigenvalue weighted by atomic mass is 9.90. The molecule has 0 aliphatic carbocycles. The molecule has 1 saturated heterocycles. The van der Waals surface area contributed by atoms with Crippen LogP contribution in [0, 0.1) is 0 Å². The van der Waals surface area contributed by atoms with Gasteiger partial charge in [-0.3, -0.25) is 4.90 Å². The zero-order chi connectivity index (χ0) is 13.7. The van der Waals surface area contributed by atoms with Gasteiger partial charge in [-0.25, -0.2) is 0 Å². The molecule has 0 aromatic heterocycles. The van der Waals surface area contributed by atoms with Crippen LogP contribution in [0.3, 0.4) is 0 Å². The van der Waals surface area contributed by atoms with Crippen molar-refractivity contribution >= 4 is 0 Å². The molecule has 0 amide bonds. The second kappa shape index (κ2) is 6.53. The van der Waals surface area contributed by atoms with Crippen LogP contribution in [0.15, 0.2) is 24.3 Å². The lowest BCUT2D eigenvalue weighted by molar-refractivity contribution is 0.102. The number of aryl methyl sites for hydroxylation is 1. The predicted octanol–water partition coefficient (Wildman–Crippen LogP) is 3.17. The largest absolute Gasteiger partial charge is 0.314 e. The minimum Gasteiger partial charge on any atom is -0.314 e. The first-order chi connectivity index (χ1) is 9.14. The molecule has 19 heavy (non-hydrogen) atoms. The second-order valence-corrected chi connectivity index (χ2v) is 6.10. The van der Waals surface area contributed by atoms with E-state index in [2.05, 4.69) is 55.3 Å². The smallest absolute Gasteiger partial charge is 0.0405 e. The topological polar surface area (TPSA) is 15.3 Å². The molecule has 1 aliphatic rings. The number of nitrogens with zero attached hydrogens (tertiary/aromatic N) is 1. The Morgan fingerprint density at radius 3 is 2.32 bits per heavy atom. The average molecular weight is 260 g/mol. The van der Waals surface area contributed by atoms with Crippen LogP contribution >= 0.6 is 0 Å². The van der Waals surface area contributed by atoms with Crippen molar-refractivity contribution in [1.82, 2.24) is 10.2 Å². The van der Waals surface area contributed by atoms with E-state index in [9.17, 15) is 0 Å². The SMILES string of the molecule is CCCCc1ccc(C(C)(C)N2CCNCC2)cc1. The van der Waals surface area contributed by atoms with Gasteiger partial charge in [0.25, 0.3) is 0 Å². The summed E-state index contributed by atoms with van der Waals surface area (Å²) in [4.78, 5) is 2.59. The number of benzene rings is 1. The van der Waals surface area contributed by atoms with Crippen molar-refractivity contribution in [2.45, 2.75) is 45.6 Å². The van der Waals surface area contributed by atoms with Gasteiger partial charge >= 0.3 is 0 Å². The van der Waals surface area contributed by atoms with Crippen LogP contribution < -0.4 is 5.32 Å². The standard InChI is InChI=1S/C17H28N2/c1-4-5-6-15-7-9-16(10-8-15)17(2,3)19-13-11-18-12-14-19/h7-10,18H,4-6,11-14H2,1-3H3. The van der Waals surface area contributed by atoms with Gasteiger partial charge < -0.3 is 5.32 Å². The minimum atomic E-state index is 0.144. The van der Waals surface area contributed by atoms with Crippen LogP contribution in [0.25, 0.3) is 0 Å².